The Bertz CT molecular complexity index is 1720. The van der Waals surface area contributed by atoms with Crippen LogP contribution in [0, 0.1) is 11.6 Å². The van der Waals surface area contributed by atoms with Gasteiger partial charge in [-0.1, -0.05) is 0 Å². The van der Waals surface area contributed by atoms with Crippen LogP contribution >= 0.6 is 0 Å². The fourth-order valence-corrected chi connectivity index (χ4v) is 4.17. The molecule has 9 nitrogen and oxygen atoms in total. The maximum Gasteiger partial charge on any atom is 0.423 e. The van der Waals surface area contributed by atoms with E-state index in [0.29, 0.717) is 6.20 Å². The molecule has 1 aromatic carbocycles. The number of nitrogens with one attached hydrogen (secondary N) is 2. The third kappa shape index (κ3) is 5.97. The van der Waals surface area contributed by atoms with Gasteiger partial charge >= 0.3 is 6.18 Å². The Morgan fingerprint density at radius 2 is 1.83 bits per heavy atom. The number of pyridine rings is 1. The average Bonchev–Trinajstić information content (AvgIpc) is 2.86. The van der Waals surface area contributed by atoms with E-state index >= 15 is 4.39 Å². The Morgan fingerprint density at radius 3 is 2.46 bits per heavy atom. The van der Waals surface area contributed by atoms with Crippen LogP contribution < -0.4 is 22.2 Å². The number of aromatic nitrogens is 5. The monoisotopic (exact) mass is 589 g/mol. The summed E-state index contributed by atoms with van der Waals surface area (Å²) in [6.45, 7) is 0.661. The molecule has 0 aliphatic heterocycles. The summed E-state index contributed by atoms with van der Waals surface area (Å²) in [5.74, 6) is -4.35. The summed E-state index contributed by atoms with van der Waals surface area (Å²) < 4.78 is 111. The molecule has 4 aromatic rings. The average molecular weight is 589 g/mol. The fraction of sp³-hybridized carbons (Fsp3) is 0.292. The van der Waals surface area contributed by atoms with Crippen molar-refractivity contribution in [3.63, 3.8) is 0 Å². The van der Waals surface area contributed by atoms with Crippen LogP contribution in [-0.4, -0.2) is 36.9 Å². The van der Waals surface area contributed by atoms with Crippen LogP contribution in [-0.2, 0) is 12.7 Å². The molecule has 0 radical (unpaired) electrons. The van der Waals surface area contributed by atoms with E-state index in [1.54, 1.807) is 5.10 Å². The number of fused-ring (bicyclic) bond motifs is 1. The highest BCUT2D eigenvalue weighted by molar-refractivity contribution is 5.86. The molecule has 3 aromatic heterocycles. The van der Waals surface area contributed by atoms with E-state index in [1.807, 2.05) is 0 Å². The van der Waals surface area contributed by atoms with Crippen molar-refractivity contribution in [1.82, 2.24) is 24.7 Å². The molecule has 0 aliphatic carbocycles. The highest BCUT2D eigenvalue weighted by atomic mass is 19.4. The summed E-state index contributed by atoms with van der Waals surface area (Å²) in [5.41, 5.74) is -0.642. The van der Waals surface area contributed by atoms with Gasteiger partial charge in [0.1, 0.15) is 17.6 Å². The first-order valence-corrected chi connectivity index (χ1v) is 11.7. The first-order valence-electron chi connectivity index (χ1n) is 11.7. The van der Waals surface area contributed by atoms with Crippen LogP contribution in [0.25, 0.3) is 22.2 Å². The highest BCUT2D eigenvalue weighted by Crippen LogP contribution is 2.32. The predicted octanol–water partition coefficient (Wildman–Crippen LogP) is 4.59. The largest absolute Gasteiger partial charge is 0.423 e. The summed E-state index contributed by atoms with van der Waals surface area (Å²) in [7, 11) is 0. The third-order valence-electron chi connectivity index (χ3n) is 6.02. The van der Waals surface area contributed by atoms with Crippen LogP contribution in [0.2, 0.25) is 0 Å². The Hall–Kier alpha value is -4.57. The summed E-state index contributed by atoms with van der Waals surface area (Å²) in [6, 6.07) is 1.20. The van der Waals surface area contributed by atoms with Crippen molar-refractivity contribution in [2.45, 2.75) is 44.7 Å². The minimum Gasteiger partial charge on any atom is -0.383 e. The van der Waals surface area contributed by atoms with E-state index in [0.717, 1.165) is 23.0 Å². The normalized spacial score (nSPS) is 13.5. The zero-order valence-corrected chi connectivity index (χ0v) is 20.7. The molecule has 0 spiro atoms. The smallest absolute Gasteiger partial charge is 0.383 e. The van der Waals surface area contributed by atoms with Crippen LogP contribution in [0.3, 0.4) is 0 Å². The minimum absolute atomic E-state index is 0.132. The maximum absolute atomic E-state index is 15.0. The number of hydrogen-bond donors (Lipinski definition) is 3. The number of benzene rings is 1. The molecule has 218 valence electrons. The Morgan fingerprint density at radius 1 is 1.12 bits per heavy atom. The molecule has 0 unspecified atom stereocenters. The number of aromatic amines is 1. The Kier molecular flexibility index (Phi) is 7.98. The first-order chi connectivity index (χ1) is 19.2. The molecular formula is C24H19F8N7O2. The quantitative estimate of drug-likeness (QED) is 0.256. The fourth-order valence-electron chi connectivity index (χ4n) is 4.17. The molecule has 41 heavy (non-hydrogen) atoms. The molecule has 0 saturated heterocycles. The van der Waals surface area contributed by atoms with Gasteiger partial charge in [0, 0.05) is 24.9 Å². The van der Waals surface area contributed by atoms with Gasteiger partial charge in [-0.15, -0.1) is 0 Å². The second kappa shape index (κ2) is 11.1. The van der Waals surface area contributed by atoms with E-state index in [1.165, 1.54) is 13.0 Å². The summed E-state index contributed by atoms with van der Waals surface area (Å²) in [6.07, 6.45) is -7.84. The summed E-state index contributed by atoms with van der Waals surface area (Å²) in [4.78, 5) is 31.7. The Balaban J connectivity index is 1.57. The van der Waals surface area contributed by atoms with Gasteiger partial charge in [-0.2, -0.15) is 18.3 Å². The lowest BCUT2D eigenvalue weighted by molar-refractivity contribution is -0.138. The molecule has 0 bridgehead atoms. The van der Waals surface area contributed by atoms with Crippen LogP contribution in [0.15, 0.2) is 40.3 Å². The molecule has 4 N–H and O–H groups in total. The minimum atomic E-state index is -5.01. The van der Waals surface area contributed by atoms with E-state index in [2.05, 4.69) is 20.4 Å². The number of halogens is 8. The van der Waals surface area contributed by atoms with Gasteiger partial charge in [0.15, 0.2) is 17.5 Å². The number of nitrogens with two attached hydrogens (primary N) is 1. The SMILES string of the molecule is C[C@@H](C[C@@H](F)Cn1ccc2cc(-c3ncc(C(F)F)c(N)n3)c(F)c(F)c2c1=O)Nc1cn[nH]c(=O)c1C(F)(F)F. The van der Waals surface area contributed by atoms with E-state index in [4.69, 9.17) is 5.73 Å². The van der Waals surface area contributed by atoms with Gasteiger partial charge < -0.3 is 15.6 Å². The molecule has 0 saturated carbocycles. The highest BCUT2D eigenvalue weighted by Gasteiger charge is 2.37. The van der Waals surface area contributed by atoms with Crippen LogP contribution in [0.4, 0.5) is 46.6 Å². The van der Waals surface area contributed by atoms with Crippen molar-refractivity contribution in [1.29, 1.82) is 0 Å². The maximum atomic E-state index is 15.0. The Labute approximate surface area is 224 Å². The molecule has 4 rings (SSSR count). The topological polar surface area (TPSA) is 132 Å². The molecule has 2 atom stereocenters. The summed E-state index contributed by atoms with van der Waals surface area (Å²) >= 11 is 0. The number of hydrogen-bond acceptors (Lipinski definition) is 7. The lowest BCUT2D eigenvalue weighted by atomic mass is 10.1. The number of alkyl halides is 6. The number of H-pyrrole nitrogens is 1. The lowest BCUT2D eigenvalue weighted by Crippen LogP contribution is -2.30. The third-order valence-corrected chi connectivity index (χ3v) is 6.02. The van der Waals surface area contributed by atoms with Gasteiger partial charge in [0.05, 0.1) is 34.9 Å². The number of rotatable bonds is 8. The van der Waals surface area contributed by atoms with Crippen molar-refractivity contribution in [3.05, 3.63) is 74.2 Å². The predicted molar refractivity (Wildman–Crippen MR) is 131 cm³/mol. The molecule has 17 heteroatoms. The van der Waals surface area contributed by atoms with E-state index in [9.17, 15) is 40.3 Å². The van der Waals surface area contributed by atoms with Gasteiger partial charge in [0.2, 0.25) is 0 Å². The van der Waals surface area contributed by atoms with Crippen LogP contribution in [0.1, 0.15) is 30.9 Å². The van der Waals surface area contributed by atoms with Crippen molar-refractivity contribution in [3.8, 4) is 11.4 Å². The molecular weight excluding hydrogens is 570 g/mol. The first kappa shape index (κ1) is 29.4. The van der Waals surface area contributed by atoms with Crippen molar-refractivity contribution in [2.24, 2.45) is 0 Å². The van der Waals surface area contributed by atoms with Crippen molar-refractivity contribution < 1.29 is 35.1 Å². The van der Waals surface area contributed by atoms with E-state index < -0.39 is 99.9 Å². The number of nitrogens with zero attached hydrogens (tertiary/aromatic N) is 4. The van der Waals surface area contributed by atoms with Crippen molar-refractivity contribution >= 4 is 22.3 Å². The molecule has 0 aliphatic rings. The number of nitrogen functional groups attached to an aromatic ring is 1. The van der Waals surface area contributed by atoms with Crippen molar-refractivity contribution in [2.75, 3.05) is 11.1 Å². The summed E-state index contributed by atoms with van der Waals surface area (Å²) in [5, 5.41) is 6.47. The lowest BCUT2D eigenvalue weighted by Gasteiger charge is -2.20. The van der Waals surface area contributed by atoms with Gasteiger partial charge in [0.25, 0.3) is 17.5 Å². The number of anilines is 2. The molecule has 0 amide bonds. The second-order valence-electron chi connectivity index (χ2n) is 8.99. The standard InChI is InChI=1S/C24H19F8N7O2/c1-9(36-14-7-35-38-22(40)16(14)24(30,31)32)4-11(25)8-39-3-2-10-5-12(17(26)18(27)15(10)23(39)41)21-34-6-13(19(28)29)20(33)37-21/h2-3,5-7,9,11,19H,4,8H2,1H3,(H2,33,34,37)(H2,36,38,40)/t9-,11+/m0/s1. The zero-order chi connectivity index (χ0) is 30.2. The van der Waals surface area contributed by atoms with Crippen LogP contribution in [0.5, 0.6) is 0 Å². The van der Waals surface area contributed by atoms with Gasteiger partial charge in [-0.05, 0) is 24.4 Å². The van der Waals surface area contributed by atoms with E-state index in [-0.39, 0.29) is 5.39 Å². The van der Waals surface area contributed by atoms with Gasteiger partial charge in [-0.3, -0.25) is 9.59 Å². The van der Waals surface area contributed by atoms with Gasteiger partial charge in [-0.25, -0.2) is 37.0 Å². The molecule has 0 fully saturated rings. The molecule has 3 heterocycles. The zero-order valence-electron chi connectivity index (χ0n) is 20.7. The second-order valence-corrected chi connectivity index (χ2v) is 8.99.